The molecule has 4 nitrogen and oxygen atoms in total. The number of pyridine rings is 1. The number of benzene rings is 2. The molecule has 0 radical (unpaired) electrons. The number of rotatable bonds is 3. The average molecular weight is 369 g/mol. The Morgan fingerprint density at radius 2 is 1.77 bits per heavy atom. The maximum atomic E-state index is 12.3. The van der Waals surface area contributed by atoms with Gasteiger partial charge in [0.2, 0.25) is 11.5 Å². The van der Waals surface area contributed by atoms with Gasteiger partial charge in [0.1, 0.15) is 0 Å². The van der Waals surface area contributed by atoms with Crippen LogP contribution >= 0.6 is 11.6 Å². The van der Waals surface area contributed by atoms with E-state index >= 15 is 0 Å². The highest BCUT2D eigenvalue weighted by molar-refractivity contribution is 6.30. The highest BCUT2D eigenvalue weighted by atomic mass is 35.5. The second-order valence-electron chi connectivity index (χ2n) is 7.41. The van der Waals surface area contributed by atoms with Crippen molar-refractivity contribution in [2.75, 3.05) is 5.32 Å². The third kappa shape index (κ3) is 4.14. The van der Waals surface area contributed by atoms with Crippen LogP contribution in [0.1, 0.15) is 31.9 Å². The summed E-state index contributed by atoms with van der Waals surface area (Å²) >= 11 is 5.86. The van der Waals surface area contributed by atoms with Crippen LogP contribution in [0.4, 0.5) is 5.69 Å². The van der Waals surface area contributed by atoms with Crippen LogP contribution in [-0.2, 0) is 16.6 Å². The van der Waals surface area contributed by atoms with Crippen LogP contribution in [0.25, 0.3) is 10.9 Å². The van der Waals surface area contributed by atoms with Gasteiger partial charge in [-0.2, -0.15) is 0 Å². The topological polar surface area (TPSA) is 62.0 Å². The van der Waals surface area contributed by atoms with Crippen molar-refractivity contribution in [2.24, 2.45) is 0 Å². The maximum absolute atomic E-state index is 12.3. The molecule has 2 aromatic carbocycles. The van der Waals surface area contributed by atoms with Crippen molar-refractivity contribution < 1.29 is 4.79 Å². The number of aromatic amines is 1. The predicted molar refractivity (Wildman–Crippen MR) is 107 cm³/mol. The number of carbonyl (C=O) groups excluding carboxylic acids is 1. The van der Waals surface area contributed by atoms with Gasteiger partial charge in [-0.1, -0.05) is 50.6 Å². The van der Waals surface area contributed by atoms with E-state index in [0.717, 1.165) is 16.5 Å². The monoisotopic (exact) mass is 368 g/mol. The van der Waals surface area contributed by atoms with Crippen molar-refractivity contribution in [1.82, 2.24) is 4.98 Å². The molecule has 0 fully saturated rings. The number of carbonyl (C=O) groups is 1. The molecule has 3 aromatic rings. The Hall–Kier alpha value is -2.59. The Balaban J connectivity index is 1.86. The molecule has 5 heteroatoms. The lowest BCUT2D eigenvalue weighted by molar-refractivity contribution is -0.115. The van der Waals surface area contributed by atoms with E-state index in [2.05, 4.69) is 31.1 Å². The summed E-state index contributed by atoms with van der Waals surface area (Å²) in [5.74, 6) is -0.124. The second kappa shape index (κ2) is 6.96. The molecule has 1 amide bonds. The minimum absolute atomic E-state index is 0.124. The molecule has 1 heterocycles. The third-order valence-corrected chi connectivity index (χ3v) is 4.46. The molecule has 0 aliphatic heterocycles. The van der Waals surface area contributed by atoms with Crippen LogP contribution in [-0.4, -0.2) is 10.9 Å². The first-order valence-corrected chi connectivity index (χ1v) is 8.82. The molecule has 0 aliphatic rings. The molecule has 0 spiro atoms. The van der Waals surface area contributed by atoms with E-state index in [1.54, 1.807) is 24.3 Å². The van der Waals surface area contributed by atoms with Crippen LogP contribution in [0.5, 0.6) is 0 Å². The van der Waals surface area contributed by atoms with Crippen molar-refractivity contribution in [3.63, 3.8) is 0 Å². The van der Waals surface area contributed by atoms with Crippen LogP contribution in [0.2, 0.25) is 5.02 Å². The van der Waals surface area contributed by atoms with Gasteiger partial charge in [-0.25, -0.2) is 0 Å². The number of fused-ring (bicyclic) bond motifs is 1. The van der Waals surface area contributed by atoms with Crippen molar-refractivity contribution in [1.29, 1.82) is 0 Å². The number of nitrogens with one attached hydrogen (secondary N) is 2. The van der Waals surface area contributed by atoms with Crippen molar-refractivity contribution in [2.45, 2.75) is 32.6 Å². The molecule has 0 unspecified atom stereocenters. The van der Waals surface area contributed by atoms with Gasteiger partial charge in [0, 0.05) is 22.2 Å². The fourth-order valence-corrected chi connectivity index (χ4v) is 3.08. The van der Waals surface area contributed by atoms with E-state index in [9.17, 15) is 9.59 Å². The van der Waals surface area contributed by atoms with Gasteiger partial charge in [-0.05, 0) is 40.8 Å². The average Bonchev–Trinajstić information content (AvgIpc) is 2.55. The smallest absolute Gasteiger partial charge is 0.248 e. The van der Waals surface area contributed by atoms with Crippen molar-refractivity contribution in [3.8, 4) is 0 Å². The zero-order chi connectivity index (χ0) is 18.9. The predicted octanol–water partition coefficient (Wildman–Crippen LogP) is 4.66. The van der Waals surface area contributed by atoms with Gasteiger partial charge in [0.15, 0.2) is 0 Å². The van der Waals surface area contributed by atoms with E-state index in [1.165, 1.54) is 0 Å². The summed E-state index contributed by atoms with van der Waals surface area (Å²) in [6.45, 7) is 6.22. The van der Waals surface area contributed by atoms with Crippen LogP contribution in [0.15, 0.2) is 53.3 Å². The van der Waals surface area contributed by atoms with Crippen molar-refractivity contribution in [3.05, 3.63) is 75.0 Å². The number of anilines is 1. The quantitative estimate of drug-likeness (QED) is 0.706. The van der Waals surface area contributed by atoms with Gasteiger partial charge in [0.25, 0.3) is 0 Å². The van der Waals surface area contributed by atoms with E-state index < -0.39 is 0 Å². The van der Waals surface area contributed by atoms with E-state index in [1.807, 2.05) is 24.3 Å². The normalized spacial score (nSPS) is 11.5. The summed E-state index contributed by atoms with van der Waals surface area (Å²) < 4.78 is 0. The molecule has 26 heavy (non-hydrogen) atoms. The Kier molecular flexibility index (Phi) is 4.88. The minimum atomic E-state index is -0.147. The summed E-state index contributed by atoms with van der Waals surface area (Å²) in [5, 5.41) is 4.50. The summed E-state index contributed by atoms with van der Waals surface area (Å²) in [6.07, 6.45) is 0.258. The number of hydrogen-bond donors (Lipinski definition) is 2. The van der Waals surface area contributed by atoms with Gasteiger partial charge < -0.3 is 10.3 Å². The lowest BCUT2D eigenvalue weighted by Gasteiger charge is -2.21. The molecule has 0 bridgehead atoms. The zero-order valence-corrected chi connectivity index (χ0v) is 15.8. The molecule has 0 aliphatic carbocycles. The van der Waals surface area contributed by atoms with Gasteiger partial charge >= 0.3 is 0 Å². The summed E-state index contributed by atoms with van der Waals surface area (Å²) in [7, 11) is 0. The first kappa shape index (κ1) is 18.2. The van der Waals surface area contributed by atoms with E-state index in [-0.39, 0.29) is 23.3 Å². The molecular weight excluding hydrogens is 348 g/mol. The van der Waals surface area contributed by atoms with E-state index in [0.29, 0.717) is 16.2 Å². The lowest BCUT2D eigenvalue weighted by atomic mass is 9.85. The third-order valence-electron chi connectivity index (χ3n) is 4.21. The highest BCUT2D eigenvalue weighted by Crippen LogP contribution is 2.29. The molecule has 2 N–H and O–H groups in total. The number of H-pyrrole nitrogens is 1. The number of hydrogen-bond acceptors (Lipinski definition) is 2. The molecular formula is C21H21ClN2O2. The molecule has 134 valence electrons. The second-order valence-corrected chi connectivity index (χ2v) is 7.85. The number of amides is 1. The highest BCUT2D eigenvalue weighted by Gasteiger charge is 2.18. The number of halogens is 1. The standard InChI is InChI=1S/C21H21ClN2O2/c1-21(2,3)17-12-20(26)24-18-11-15(8-9-16(17)18)23-19(25)10-13-4-6-14(22)7-5-13/h4-9,11-12H,10H2,1-3H3,(H,23,25)(H,24,26). The van der Waals surface area contributed by atoms with Crippen LogP contribution in [0, 0.1) is 0 Å². The summed E-state index contributed by atoms with van der Waals surface area (Å²) in [6, 6.07) is 14.4. The molecule has 3 rings (SSSR count). The van der Waals surface area contributed by atoms with Crippen molar-refractivity contribution >= 4 is 34.1 Å². The molecule has 0 saturated carbocycles. The van der Waals surface area contributed by atoms with Gasteiger partial charge in [-0.15, -0.1) is 0 Å². The van der Waals surface area contributed by atoms with E-state index in [4.69, 9.17) is 11.6 Å². The molecule has 1 aromatic heterocycles. The SMILES string of the molecule is CC(C)(C)c1cc(=O)[nH]c2cc(NC(=O)Cc3ccc(Cl)cc3)ccc12. The Morgan fingerprint density at radius 3 is 2.42 bits per heavy atom. The molecule has 0 saturated heterocycles. The van der Waals surface area contributed by atoms with Crippen LogP contribution in [0.3, 0.4) is 0 Å². The summed E-state index contributed by atoms with van der Waals surface area (Å²) in [5.41, 5.74) is 2.94. The first-order valence-electron chi connectivity index (χ1n) is 8.44. The minimum Gasteiger partial charge on any atom is -0.326 e. The fraction of sp³-hybridized carbons (Fsp3) is 0.238. The largest absolute Gasteiger partial charge is 0.326 e. The van der Waals surface area contributed by atoms with Gasteiger partial charge in [-0.3, -0.25) is 9.59 Å². The molecule has 0 atom stereocenters. The van der Waals surface area contributed by atoms with Crippen LogP contribution < -0.4 is 10.9 Å². The Bertz CT molecular complexity index is 1010. The maximum Gasteiger partial charge on any atom is 0.248 e. The first-order chi connectivity index (χ1) is 12.2. The number of aromatic nitrogens is 1. The summed E-state index contributed by atoms with van der Waals surface area (Å²) in [4.78, 5) is 27.1. The lowest BCUT2D eigenvalue weighted by Crippen LogP contribution is -2.18. The fourth-order valence-electron chi connectivity index (χ4n) is 2.95. The van der Waals surface area contributed by atoms with Gasteiger partial charge in [0.05, 0.1) is 11.9 Å². The Morgan fingerprint density at radius 1 is 1.08 bits per heavy atom. The Labute approximate surface area is 157 Å². The zero-order valence-electron chi connectivity index (χ0n) is 15.0.